The highest BCUT2D eigenvalue weighted by atomic mass is 16.5. The Hall–Kier alpha value is -2.80. The molecule has 2 atom stereocenters. The third-order valence-corrected chi connectivity index (χ3v) is 5.18. The third kappa shape index (κ3) is 6.10. The quantitative estimate of drug-likeness (QED) is 0.589. The van der Waals surface area contributed by atoms with Gasteiger partial charge < -0.3 is 19.8 Å². The van der Waals surface area contributed by atoms with E-state index < -0.39 is 11.9 Å². The molecule has 1 aromatic heterocycles. The second kappa shape index (κ2) is 11.4. The van der Waals surface area contributed by atoms with Crippen molar-refractivity contribution in [3.63, 3.8) is 0 Å². The summed E-state index contributed by atoms with van der Waals surface area (Å²) >= 11 is 0. The molecule has 2 aromatic rings. The fraction of sp³-hybridized carbons (Fsp3) is 0.478. The van der Waals surface area contributed by atoms with Crippen LogP contribution in [0.4, 0.5) is 0 Å². The van der Waals surface area contributed by atoms with Crippen LogP contribution in [0.2, 0.25) is 0 Å². The molecule has 0 aliphatic heterocycles. The maximum absolute atomic E-state index is 12.9. The molecule has 164 valence electrons. The SMILES string of the molecule is CCN(CC)C(CNC(=O)C(NC(=O)c1ccco1)C(C)C)c1cccc(OC)c1. The summed E-state index contributed by atoms with van der Waals surface area (Å²) in [6, 6.07) is 10.4. The number of ether oxygens (including phenoxy) is 1. The Morgan fingerprint density at radius 1 is 1.13 bits per heavy atom. The van der Waals surface area contributed by atoms with Crippen LogP contribution < -0.4 is 15.4 Å². The van der Waals surface area contributed by atoms with Crippen LogP contribution in [0.15, 0.2) is 47.1 Å². The number of carbonyl (C=O) groups excluding carboxylic acids is 2. The van der Waals surface area contributed by atoms with E-state index in [-0.39, 0.29) is 23.6 Å². The van der Waals surface area contributed by atoms with Crippen LogP contribution >= 0.6 is 0 Å². The second-order valence-corrected chi connectivity index (χ2v) is 7.43. The molecular weight excluding hydrogens is 382 g/mol. The van der Waals surface area contributed by atoms with Gasteiger partial charge in [0.15, 0.2) is 5.76 Å². The first-order valence-electron chi connectivity index (χ1n) is 10.4. The number of methoxy groups -OCH3 is 1. The Kier molecular flexibility index (Phi) is 8.92. The van der Waals surface area contributed by atoms with Gasteiger partial charge in [0.1, 0.15) is 11.8 Å². The highest BCUT2D eigenvalue weighted by molar-refractivity contribution is 5.95. The summed E-state index contributed by atoms with van der Waals surface area (Å²) in [5.41, 5.74) is 1.07. The van der Waals surface area contributed by atoms with Crippen LogP contribution in [0.1, 0.15) is 49.9 Å². The fourth-order valence-electron chi connectivity index (χ4n) is 3.43. The molecule has 7 heteroatoms. The van der Waals surface area contributed by atoms with Crippen molar-refractivity contribution in [1.82, 2.24) is 15.5 Å². The van der Waals surface area contributed by atoms with Crippen molar-refractivity contribution in [2.45, 2.75) is 39.8 Å². The number of hydrogen-bond donors (Lipinski definition) is 2. The molecule has 0 spiro atoms. The van der Waals surface area contributed by atoms with E-state index in [0.29, 0.717) is 6.54 Å². The third-order valence-electron chi connectivity index (χ3n) is 5.18. The minimum atomic E-state index is -0.662. The van der Waals surface area contributed by atoms with Crippen LogP contribution in [0.3, 0.4) is 0 Å². The average molecular weight is 416 g/mol. The molecule has 2 N–H and O–H groups in total. The number of likely N-dealkylation sites (N-methyl/N-ethyl adjacent to an activating group) is 1. The number of nitrogens with zero attached hydrogens (tertiary/aromatic N) is 1. The minimum absolute atomic E-state index is 0.00682. The van der Waals surface area contributed by atoms with Gasteiger partial charge in [0.2, 0.25) is 5.91 Å². The molecule has 30 heavy (non-hydrogen) atoms. The zero-order chi connectivity index (χ0) is 22.1. The highest BCUT2D eigenvalue weighted by Gasteiger charge is 2.27. The lowest BCUT2D eigenvalue weighted by Gasteiger charge is -2.31. The Morgan fingerprint density at radius 3 is 2.43 bits per heavy atom. The number of furan rings is 1. The van der Waals surface area contributed by atoms with Gasteiger partial charge >= 0.3 is 0 Å². The van der Waals surface area contributed by atoms with Gasteiger partial charge in [0, 0.05) is 6.54 Å². The first-order valence-corrected chi connectivity index (χ1v) is 10.4. The average Bonchev–Trinajstić information content (AvgIpc) is 3.29. The molecule has 0 aliphatic rings. The van der Waals surface area contributed by atoms with Crippen LogP contribution in [-0.2, 0) is 4.79 Å². The Bertz CT molecular complexity index is 801. The van der Waals surface area contributed by atoms with Crippen molar-refractivity contribution in [2.24, 2.45) is 5.92 Å². The largest absolute Gasteiger partial charge is 0.497 e. The molecule has 1 heterocycles. The second-order valence-electron chi connectivity index (χ2n) is 7.43. The van der Waals surface area contributed by atoms with Gasteiger partial charge in [0.05, 0.1) is 19.4 Å². The number of carbonyl (C=O) groups is 2. The van der Waals surface area contributed by atoms with Crippen molar-refractivity contribution in [3.05, 3.63) is 54.0 Å². The maximum atomic E-state index is 12.9. The predicted molar refractivity (Wildman–Crippen MR) is 116 cm³/mol. The topological polar surface area (TPSA) is 83.8 Å². The summed E-state index contributed by atoms with van der Waals surface area (Å²) in [6.07, 6.45) is 1.43. The first-order chi connectivity index (χ1) is 14.4. The molecule has 0 fully saturated rings. The smallest absolute Gasteiger partial charge is 0.287 e. The van der Waals surface area contributed by atoms with Gasteiger partial charge in [-0.05, 0) is 48.8 Å². The highest BCUT2D eigenvalue weighted by Crippen LogP contribution is 2.24. The van der Waals surface area contributed by atoms with E-state index in [4.69, 9.17) is 9.15 Å². The van der Waals surface area contributed by atoms with E-state index in [1.54, 1.807) is 19.2 Å². The number of benzene rings is 1. The van der Waals surface area contributed by atoms with E-state index in [0.717, 1.165) is 24.4 Å². The summed E-state index contributed by atoms with van der Waals surface area (Å²) < 4.78 is 10.5. The van der Waals surface area contributed by atoms with E-state index >= 15 is 0 Å². The van der Waals surface area contributed by atoms with E-state index in [1.165, 1.54) is 6.26 Å². The lowest BCUT2D eigenvalue weighted by Crippen LogP contribution is -2.51. The normalized spacial score (nSPS) is 13.2. The summed E-state index contributed by atoms with van der Waals surface area (Å²) in [5, 5.41) is 5.81. The monoisotopic (exact) mass is 415 g/mol. The summed E-state index contributed by atoms with van der Waals surface area (Å²) in [6.45, 7) is 10.1. The number of nitrogens with one attached hydrogen (secondary N) is 2. The molecule has 0 radical (unpaired) electrons. The molecule has 7 nitrogen and oxygen atoms in total. The molecule has 2 amide bonds. The Morgan fingerprint density at radius 2 is 1.87 bits per heavy atom. The Labute approximate surface area is 178 Å². The van der Waals surface area contributed by atoms with Crippen LogP contribution in [0, 0.1) is 5.92 Å². The predicted octanol–water partition coefficient (Wildman–Crippen LogP) is 3.24. The van der Waals surface area contributed by atoms with E-state index in [9.17, 15) is 9.59 Å². The van der Waals surface area contributed by atoms with Crippen molar-refractivity contribution in [3.8, 4) is 5.75 Å². The van der Waals surface area contributed by atoms with Gasteiger partial charge in [-0.15, -0.1) is 0 Å². The van der Waals surface area contributed by atoms with Crippen molar-refractivity contribution < 1.29 is 18.7 Å². The lowest BCUT2D eigenvalue weighted by atomic mass is 10.0. The number of hydrogen-bond acceptors (Lipinski definition) is 5. The van der Waals surface area contributed by atoms with Crippen LogP contribution in [0.5, 0.6) is 5.75 Å². The molecule has 2 unspecified atom stereocenters. The molecule has 0 bridgehead atoms. The Balaban J connectivity index is 2.12. The molecule has 1 aromatic carbocycles. The molecule has 2 rings (SSSR count). The number of amides is 2. The molecule has 0 saturated carbocycles. The van der Waals surface area contributed by atoms with E-state index in [1.807, 2.05) is 38.1 Å². The molecule has 0 aliphatic carbocycles. The summed E-state index contributed by atoms with van der Waals surface area (Å²) in [7, 11) is 1.64. The number of rotatable bonds is 11. The summed E-state index contributed by atoms with van der Waals surface area (Å²) in [4.78, 5) is 27.6. The minimum Gasteiger partial charge on any atom is -0.497 e. The lowest BCUT2D eigenvalue weighted by molar-refractivity contribution is -0.124. The zero-order valence-corrected chi connectivity index (χ0v) is 18.5. The zero-order valence-electron chi connectivity index (χ0n) is 18.5. The van der Waals surface area contributed by atoms with Crippen molar-refractivity contribution >= 4 is 11.8 Å². The van der Waals surface area contributed by atoms with Gasteiger partial charge in [-0.3, -0.25) is 14.5 Å². The maximum Gasteiger partial charge on any atom is 0.287 e. The van der Waals surface area contributed by atoms with Gasteiger partial charge in [-0.1, -0.05) is 39.8 Å². The van der Waals surface area contributed by atoms with Crippen molar-refractivity contribution in [1.29, 1.82) is 0 Å². The van der Waals surface area contributed by atoms with Crippen LogP contribution in [0.25, 0.3) is 0 Å². The van der Waals surface area contributed by atoms with Gasteiger partial charge in [0.25, 0.3) is 5.91 Å². The van der Waals surface area contributed by atoms with Crippen LogP contribution in [-0.4, -0.2) is 49.5 Å². The van der Waals surface area contributed by atoms with Gasteiger partial charge in [-0.2, -0.15) is 0 Å². The van der Waals surface area contributed by atoms with Gasteiger partial charge in [-0.25, -0.2) is 0 Å². The van der Waals surface area contributed by atoms with E-state index in [2.05, 4.69) is 29.4 Å². The fourth-order valence-corrected chi connectivity index (χ4v) is 3.43. The molecular formula is C23H33N3O4. The summed E-state index contributed by atoms with van der Waals surface area (Å²) in [5.74, 6) is 0.270. The molecule has 0 saturated heterocycles. The first kappa shape index (κ1) is 23.5. The van der Waals surface area contributed by atoms with Crippen molar-refractivity contribution in [2.75, 3.05) is 26.7 Å². The standard InChI is InChI=1S/C23H33N3O4/c1-6-26(7-2)19(17-10-8-11-18(14-17)29-5)15-24-23(28)21(16(3)4)25-22(27)20-12-9-13-30-20/h8-14,16,19,21H,6-7,15H2,1-5H3,(H,24,28)(H,25,27).